The molecule has 0 unspecified atom stereocenters. The van der Waals surface area contributed by atoms with Crippen molar-refractivity contribution in [2.24, 2.45) is 0 Å². The van der Waals surface area contributed by atoms with Crippen LogP contribution < -0.4 is 5.32 Å². The maximum Gasteiger partial charge on any atom is 0.251 e. The number of imidazole rings is 1. The molecule has 0 saturated heterocycles. The van der Waals surface area contributed by atoms with Gasteiger partial charge in [-0.25, -0.2) is 4.98 Å². The third kappa shape index (κ3) is 4.06. The summed E-state index contributed by atoms with van der Waals surface area (Å²) in [7, 11) is 0. The second kappa shape index (κ2) is 7.92. The largest absolute Gasteiger partial charge is 0.342 e. The molecule has 1 heterocycles. The van der Waals surface area contributed by atoms with Gasteiger partial charge in [0.05, 0.1) is 17.1 Å². The zero-order valence-corrected chi connectivity index (χ0v) is 17.0. The van der Waals surface area contributed by atoms with Crippen molar-refractivity contribution >= 4 is 16.9 Å². The third-order valence-electron chi connectivity index (χ3n) is 5.16. The first-order valence-corrected chi connectivity index (χ1v) is 9.89. The predicted molar refractivity (Wildman–Crippen MR) is 117 cm³/mol. The first-order valence-electron chi connectivity index (χ1n) is 9.89. The van der Waals surface area contributed by atoms with Gasteiger partial charge in [-0.05, 0) is 50.6 Å². The Balaban J connectivity index is 1.67. The number of carbonyl (C=O) groups excluding carboxylic acids is 1. The number of aryl methyl sites for hydroxylation is 2. The first kappa shape index (κ1) is 18.9. The minimum atomic E-state index is -0.221. The van der Waals surface area contributed by atoms with Crippen LogP contribution >= 0.6 is 0 Å². The van der Waals surface area contributed by atoms with Crippen molar-refractivity contribution in [1.82, 2.24) is 14.9 Å². The number of hydrogen-bond acceptors (Lipinski definition) is 2. The average Bonchev–Trinajstić information content (AvgIpc) is 3.08. The van der Waals surface area contributed by atoms with Gasteiger partial charge < -0.3 is 9.88 Å². The van der Waals surface area contributed by atoms with Crippen LogP contribution in [0.15, 0.2) is 72.8 Å². The van der Waals surface area contributed by atoms with Crippen LogP contribution in [0.2, 0.25) is 0 Å². The second-order valence-electron chi connectivity index (χ2n) is 7.60. The van der Waals surface area contributed by atoms with Gasteiger partial charge >= 0.3 is 0 Å². The topological polar surface area (TPSA) is 46.9 Å². The van der Waals surface area contributed by atoms with Gasteiger partial charge in [-0.2, -0.15) is 0 Å². The van der Waals surface area contributed by atoms with Gasteiger partial charge in [-0.15, -0.1) is 0 Å². The van der Waals surface area contributed by atoms with E-state index in [1.807, 2.05) is 56.3 Å². The molecule has 1 aromatic heterocycles. The van der Waals surface area contributed by atoms with Crippen molar-refractivity contribution in [3.8, 4) is 0 Å². The molecule has 0 aliphatic rings. The Morgan fingerprint density at radius 2 is 1.72 bits per heavy atom. The quantitative estimate of drug-likeness (QED) is 0.515. The molecule has 0 fully saturated rings. The van der Waals surface area contributed by atoms with E-state index in [0.29, 0.717) is 12.1 Å². The van der Waals surface area contributed by atoms with E-state index in [-0.39, 0.29) is 11.9 Å². The van der Waals surface area contributed by atoms with Crippen molar-refractivity contribution in [1.29, 1.82) is 0 Å². The molecule has 4 rings (SSSR count). The molecule has 0 spiro atoms. The van der Waals surface area contributed by atoms with E-state index < -0.39 is 0 Å². The van der Waals surface area contributed by atoms with Crippen LogP contribution in [0, 0.1) is 13.8 Å². The van der Waals surface area contributed by atoms with Crippen LogP contribution in [0.3, 0.4) is 0 Å². The molecule has 146 valence electrons. The number of fused-ring (bicyclic) bond motifs is 1. The molecule has 1 atom stereocenters. The maximum atomic E-state index is 12.8. The highest BCUT2D eigenvalue weighted by molar-refractivity contribution is 5.94. The third-order valence-corrected chi connectivity index (χ3v) is 5.16. The average molecular weight is 383 g/mol. The Kier molecular flexibility index (Phi) is 5.17. The summed E-state index contributed by atoms with van der Waals surface area (Å²) in [6, 6.07) is 24.0. The van der Waals surface area contributed by atoms with Crippen molar-refractivity contribution < 1.29 is 4.79 Å². The molecule has 4 nitrogen and oxygen atoms in total. The Labute approximate surface area is 171 Å². The summed E-state index contributed by atoms with van der Waals surface area (Å²) in [5, 5.41) is 3.11. The number of nitrogens with zero attached hydrogens (tertiary/aromatic N) is 2. The van der Waals surface area contributed by atoms with E-state index in [0.717, 1.165) is 22.4 Å². The number of para-hydroxylation sites is 2. The Bertz CT molecular complexity index is 1160. The van der Waals surface area contributed by atoms with Crippen LogP contribution in [-0.2, 0) is 6.54 Å². The van der Waals surface area contributed by atoms with Crippen molar-refractivity contribution in [2.45, 2.75) is 33.4 Å². The molecule has 0 aliphatic carbocycles. The van der Waals surface area contributed by atoms with Gasteiger partial charge in [-0.1, -0.05) is 59.7 Å². The van der Waals surface area contributed by atoms with Crippen molar-refractivity contribution in [3.05, 3.63) is 101 Å². The minimum Gasteiger partial charge on any atom is -0.342 e. The van der Waals surface area contributed by atoms with Crippen molar-refractivity contribution in [3.63, 3.8) is 0 Å². The van der Waals surface area contributed by atoms with Gasteiger partial charge in [0.1, 0.15) is 5.82 Å². The molecular formula is C25H25N3O. The molecule has 0 bridgehead atoms. The highest BCUT2D eigenvalue weighted by Crippen LogP contribution is 2.23. The number of nitrogens with one attached hydrogen (secondary N) is 1. The standard InChI is InChI=1S/C25H25N3O/c1-17-11-13-20(14-12-17)16-28-23-10-5-4-9-22(23)27-24(28)19(3)26-25(29)21-8-6-7-18(2)15-21/h4-15,19H,16H2,1-3H3,(H,26,29)/t19-/m0/s1. The smallest absolute Gasteiger partial charge is 0.251 e. The summed E-state index contributed by atoms with van der Waals surface area (Å²) in [5.74, 6) is 0.767. The normalized spacial score (nSPS) is 12.1. The fraction of sp³-hybridized carbons (Fsp3) is 0.200. The van der Waals surface area contributed by atoms with Gasteiger partial charge in [0.2, 0.25) is 0 Å². The van der Waals surface area contributed by atoms with E-state index >= 15 is 0 Å². The highest BCUT2D eigenvalue weighted by Gasteiger charge is 2.19. The lowest BCUT2D eigenvalue weighted by Gasteiger charge is -2.17. The monoisotopic (exact) mass is 383 g/mol. The van der Waals surface area contributed by atoms with Crippen LogP contribution in [0.5, 0.6) is 0 Å². The van der Waals surface area contributed by atoms with Gasteiger partial charge in [-0.3, -0.25) is 4.79 Å². The number of aromatic nitrogens is 2. The highest BCUT2D eigenvalue weighted by atomic mass is 16.1. The van der Waals surface area contributed by atoms with Crippen LogP contribution in [-0.4, -0.2) is 15.5 Å². The number of carbonyl (C=O) groups is 1. The molecule has 0 radical (unpaired) electrons. The SMILES string of the molecule is Cc1ccc(Cn2c([C@H](C)NC(=O)c3cccc(C)c3)nc3ccccc32)cc1. The lowest BCUT2D eigenvalue weighted by atomic mass is 10.1. The summed E-state index contributed by atoms with van der Waals surface area (Å²) in [6.45, 7) is 6.77. The summed E-state index contributed by atoms with van der Waals surface area (Å²) in [4.78, 5) is 17.6. The fourth-order valence-corrected chi connectivity index (χ4v) is 3.60. The zero-order valence-electron chi connectivity index (χ0n) is 17.0. The van der Waals surface area contributed by atoms with Crippen LogP contribution in [0.1, 0.15) is 45.8 Å². The molecule has 4 heteroatoms. The van der Waals surface area contributed by atoms with E-state index in [1.54, 1.807) is 0 Å². The van der Waals surface area contributed by atoms with E-state index in [4.69, 9.17) is 4.98 Å². The summed E-state index contributed by atoms with van der Waals surface area (Å²) >= 11 is 0. The summed E-state index contributed by atoms with van der Waals surface area (Å²) < 4.78 is 2.20. The number of hydrogen-bond donors (Lipinski definition) is 1. The Morgan fingerprint density at radius 1 is 0.966 bits per heavy atom. The van der Waals surface area contributed by atoms with Gasteiger partial charge in [0.25, 0.3) is 5.91 Å². The Hall–Kier alpha value is -3.40. The first-order chi connectivity index (χ1) is 14.0. The molecular weight excluding hydrogens is 358 g/mol. The molecule has 29 heavy (non-hydrogen) atoms. The van der Waals surface area contributed by atoms with Crippen molar-refractivity contribution in [2.75, 3.05) is 0 Å². The van der Waals surface area contributed by atoms with Crippen LogP contribution in [0.25, 0.3) is 11.0 Å². The molecule has 1 amide bonds. The Morgan fingerprint density at radius 3 is 2.48 bits per heavy atom. The van der Waals surface area contributed by atoms with Gasteiger partial charge in [0.15, 0.2) is 0 Å². The molecule has 1 N–H and O–H groups in total. The van der Waals surface area contributed by atoms with Crippen LogP contribution in [0.4, 0.5) is 0 Å². The number of rotatable bonds is 5. The maximum absolute atomic E-state index is 12.8. The molecule has 3 aromatic carbocycles. The molecule has 0 saturated carbocycles. The lowest BCUT2D eigenvalue weighted by Crippen LogP contribution is -2.28. The lowest BCUT2D eigenvalue weighted by molar-refractivity contribution is 0.0937. The van der Waals surface area contributed by atoms with E-state index in [1.165, 1.54) is 11.1 Å². The molecule has 0 aliphatic heterocycles. The molecule has 4 aromatic rings. The fourth-order valence-electron chi connectivity index (χ4n) is 3.60. The van der Waals surface area contributed by atoms with E-state index in [9.17, 15) is 4.79 Å². The number of benzene rings is 3. The predicted octanol–water partition coefficient (Wildman–Crippen LogP) is 5.19. The summed E-state index contributed by atoms with van der Waals surface area (Å²) in [5.41, 5.74) is 6.18. The minimum absolute atomic E-state index is 0.0878. The summed E-state index contributed by atoms with van der Waals surface area (Å²) in [6.07, 6.45) is 0. The van der Waals surface area contributed by atoms with Gasteiger partial charge in [0, 0.05) is 12.1 Å². The second-order valence-corrected chi connectivity index (χ2v) is 7.60. The van der Waals surface area contributed by atoms with E-state index in [2.05, 4.69) is 47.1 Å². The number of amides is 1. The zero-order chi connectivity index (χ0) is 20.4.